The van der Waals surface area contributed by atoms with Crippen molar-refractivity contribution < 1.29 is 4.74 Å². The Morgan fingerprint density at radius 2 is 2.08 bits per heavy atom. The van der Waals surface area contributed by atoms with E-state index < -0.39 is 0 Å². The number of halogens is 1. The second-order valence-electron chi connectivity index (χ2n) is 2.47. The highest BCUT2D eigenvalue weighted by Gasteiger charge is 2.01. The highest BCUT2D eigenvalue weighted by molar-refractivity contribution is 5.85. The summed E-state index contributed by atoms with van der Waals surface area (Å²) in [7, 11) is 1.67. The van der Waals surface area contributed by atoms with Crippen molar-refractivity contribution in [3.8, 4) is 5.75 Å². The Labute approximate surface area is 79.1 Å². The van der Waals surface area contributed by atoms with Crippen molar-refractivity contribution in [3.63, 3.8) is 0 Å². The van der Waals surface area contributed by atoms with E-state index >= 15 is 0 Å². The van der Waals surface area contributed by atoms with Crippen LogP contribution < -0.4 is 10.5 Å². The van der Waals surface area contributed by atoms with E-state index in [1.165, 1.54) is 0 Å². The van der Waals surface area contributed by atoms with Crippen LogP contribution in [0.4, 0.5) is 0 Å². The van der Waals surface area contributed by atoms with Crippen LogP contribution in [0.2, 0.25) is 0 Å². The quantitative estimate of drug-likeness (QED) is 0.768. The molecule has 0 amide bonds. The second-order valence-corrected chi connectivity index (χ2v) is 2.47. The minimum atomic E-state index is 0. The van der Waals surface area contributed by atoms with Gasteiger partial charge in [-0.15, -0.1) is 12.4 Å². The van der Waals surface area contributed by atoms with Gasteiger partial charge >= 0.3 is 0 Å². The lowest BCUT2D eigenvalue weighted by molar-refractivity contribution is 0.406. The summed E-state index contributed by atoms with van der Waals surface area (Å²) >= 11 is 0. The summed E-state index contributed by atoms with van der Waals surface area (Å²) in [4.78, 5) is 0. The lowest BCUT2D eigenvalue weighted by Gasteiger charge is -2.08. The predicted molar refractivity (Wildman–Crippen MR) is 52.9 cm³/mol. The SMILES string of the molecule is COc1c(C)cccc1CN.Cl. The first-order valence-corrected chi connectivity index (χ1v) is 3.62. The minimum Gasteiger partial charge on any atom is -0.496 e. The van der Waals surface area contributed by atoms with E-state index in [1.807, 2.05) is 25.1 Å². The molecule has 1 rings (SSSR count). The molecule has 1 aromatic rings. The summed E-state index contributed by atoms with van der Waals surface area (Å²) in [5, 5.41) is 0. The molecule has 0 saturated carbocycles. The van der Waals surface area contributed by atoms with Crippen molar-refractivity contribution in [3.05, 3.63) is 29.3 Å². The number of aryl methyl sites for hydroxylation is 1. The number of benzene rings is 1. The molecule has 0 aliphatic carbocycles. The molecule has 0 aliphatic rings. The van der Waals surface area contributed by atoms with Crippen molar-refractivity contribution in [2.75, 3.05) is 7.11 Å². The lowest BCUT2D eigenvalue weighted by Crippen LogP contribution is -2.00. The molecule has 68 valence electrons. The zero-order chi connectivity index (χ0) is 8.27. The molecule has 0 fully saturated rings. The van der Waals surface area contributed by atoms with Crippen LogP contribution in [0, 0.1) is 6.92 Å². The Balaban J connectivity index is 0.00000121. The van der Waals surface area contributed by atoms with Crippen LogP contribution >= 0.6 is 12.4 Å². The van der Waals surface area contributed by atoms with Crippen LogP contribution in [-0.2, 0) is 6.54 Å². The van der Waals surface area contributed by atoms with Gasteiger partial charge in [0.25, 0.3) is 0 Å². The lowest BCUT2D eigenvalue weighted by atomic mass is 10.1. The third-order valence-corrected chi connectivity index (χ3v) is 1.72. The standard InChI is InChI=1S/C9H13NO.ClH/c1-7-4-3-5-8(6-10)9(7)11-2;/h3-5H,6,10H2,1-2H3;1H. The van der Waals surface area contributed by atoms with Crippen molar-refractivity contribution in [2.45, 2.75) is 13.5 Å². The van der Waals surface area contributed by atoms with Gasteiger partial charge in [0, 0.05) is 12.1 Å². The van der Waals surface area contributed by atoms with Crippen LogP contribution in [0.15, 0.2) is 18.2 Å². The fraction of sp³-hybridized carbons (Fsp3) is 0.333. The van der Waals surface area contributed by atoms with Gasteiger partial charge in [-0.25, -0.2) is 0 Å². The summed E-state index contributed by atoms with van der Waals surface area (Å²) in [5.74, 6) is 0.912. The zero-order valence-electron chi connectivity index (χ0n) is 7.33. The molecule has 2 N–H and O–H groups in total. The molecule has 0 heterocycles. The average Bonchev–Trinajstić information content (AvgIpc) is 2.04. The number of hydrogen-bond donors (Lipinski definition) is 1. The van der Waals surface area contributed by atoms with Gasteiger partial charge in [-0.2, -0.15) is 0 Å². The molecule has 0 radical (unpaired) electrons. The van der Waals surface area contributed by atoms with Crippen molar-refractivity contribution in [2.24, 2.45) is 5.73 Å². The molecular formula is C9H14ClNO. The molecule has 0 aliphatic heterocycles. The largest absolute Gasteiger partial charge is 0.496 e. The van der Waals surface area contributed by atoms with Crippen molar-refractivity contribution in [1.82, 2.24) is 0 Å². The summed E-state index contributed by atoms with van der Waals surface area (Å²) in [5.41, 5.74) is 7.71. The summed E-state index contributed by atoms with van der Waals surface area (Å²) in [6.45, 7) is 2.54. The number of rotatable bonds is 2. The second kappa shape index (κ2) is 5.01. The zero-order valence-corrected chi connectivity index (χ0v) is 8.15. The maximum absolute atomic E-state index is 5.52. The summed E-state index contributed by atoms with van der Waals surface area (Å²) < 4.78 is 5.19. The number of para-hydroxylation sites is 1. The molecule has 1 aromatic carbocycles. The summed E-state index contributed by atoms with van der Waals surface area (Å²) in [6.07, 6.45) is 0. The van der Waals surface area contributed by atoms with Gasteiger partial charge in [0.05, 0.1) is 7.11 Å². The number of methoxy groups -OCH3 is 1. The number of hydrogen-bond acceptors (Lipinski definition) is 2. The highest BCUT2D eigenvalue weighted by atomic mass is 35.5. The van der Waals surface area contributed by atoms with Gasteiger partial charge in [0.1, 0.15) is 5.75 Å². The molecule has 0 unspecified atom stereocenters. The first-order chi connectivity index (χ1) is 5.29. The fourth-order valence-electron chi connectivity index (χ4n) is 1.17. The first-order valence-electron chi connectivity index (χ1n) is 3.62. The average molecular weight is 188 g/mol. The Kier molecular flexibility index (Phi) is 4.71. The maximum atomic E-state index is 5.52. The fourth-order valence-corrected chi connectivity index (χ4v) is 1.17. The molecule has 2 nitrogen and oxygen atoms in total. The Bertz CT molecular complexity index is 250. The molecule has 3 heteroatoms. The molecule has 0 bridgehead atoms. The molecular weight excluding hydrogens is 174 g/mol. The molecule has 0 saturated heterocycles. The Morgan fingerprint density at radius 3 is 2.50 bits per heavy atom. The molecule has 0 aromatic heterocycles. The first kappa shape index (κ1) is 11.3. The van der Waals surface area contributed by atoms with Crippen LogP contribution in [0.5, 0.6) is 5.75 Å². The van der Waals surface area contributed by atoms with Gasteiger partial charge in [-0.1, -0.05) is 18.2 Å². The van der Waals surface area contributed by atoms with Crippen molar-refractivity contribution in [1.29, 1.82) is 0 Å². The third kappa shape index (κ3) is 2.13. The number of nitrogens with two attached hydrogens (primary N) is 1. The van der Waals surface area contributed by atoms with Gasteiger partial charge in [-0.3, -0.25) is 0 Å². The Morgan fingerprint density at radius 1 is 1.42 bits per heavy atom. The van der Waals surface area contributed by atoms with E-state index in [0.29, 0.717) is 6.54 Å². The topological polar surface area (TPSA) is 35.2 Å². The van der Waals surface area contributed by atoms with E-state index in [1.54, 1.807) is 7.11 Å². The molecule has 0 spiro atoms. The monoisotopic (exact) mass is 187 g/mol. The number of ether oxygens (including phenoxy) is 1. The van der Waals surface area contributed by atoms with Crippen LogP contribution in [0.1, 0.15) is 11.1 Å². The highest BCUT2D eigenvalue weighted by Crippen LogP contribution is 2.21. The van der Waals surface area contributed by atoms with Crippen LogP contribution in [0.3, 0.4) is 0 Å². The van der Waals surface area contributed by atoms with Crippen molar-refractivity contribution >= 4 is 12.4 Å². The maximum Gasteiger partial charge on any atom is 0.126 e. The van der Waals surface area contributed by atoms with Gasteiger partial charge in [0.15, 0.2) is 0 Å². The van der Waals surface area contributed by atoms with E-state index in [4.69, 9.17) is 10.5 Å². The van der Waals surface area contributed by atoms with E-state index in [9.17, 15) is 0 Å². The molecule has 0 atom stereocenters. The van der Waals surface area contributed by atoms with Gasteiger partial charge in [-0.05, 0) is 12.5 Å². The minimum absolute atomic E-state index is 0. The van der Waals surface area contributed by atoms with Gasteiger partial charge in [0.2, 0.25) is 0 Å². The van der Waals surface area contributed by atoms with E-state index in [2.05, 4.69) is 0 Å². The predicted octanol–water partition coefficient (Wildman–Crippen LogP) is 1.88. The van der Waals surface area contributed by atoms with Crippen LogP contribution in [-0.4, -0.2) is 7.11 Å². The smallest absolute Gasteiger partial charge is 0.126 e. The summed E-state index contributed by atoms with van der Waals surface area (Å²) in [6, 6.07) is 5.98. The van der Waals surface area contributed by atoms with Gasteiger partial charge < -0.3 is 10.5 Å². The normalized spacial score (nSPS) is 8.92. The third-order valence-electron chi connectivity index (χ3n) is 1.72. The van der Waals surface area contributed by atoms with E-state index in [0.717, 1.165) is 16.9 Å². The van der Waals surface area contributed by atoms with E-state index in [-0.39, 0.29) is 12.4 Å². The van der Waals surface area contributed by atoms with Crippen LogP contribution in [0.25, 0.3) is 0 Å². The molecule has 12 heavy (non-hydrogen) atoms. The Hall–Kier alpha value is -0.730.